The van der Waals surface area contributed by atoms with Gasteiger partial charge in [0.2, 0.25) is 5.91 Å². The van der Waals surface area contributed by atoms with Crippen LogP contribution in [0.15, 0.2) is 41.0 Å². The highest BCUT2D eigenvalue weighted by Gasteiger charge is 2.51. The van der Waals surface area contributed by atoms with E-state index in [0.29, 0.717) is 22.0 Å². The number of benzene rings is 1. The number of carbonyl (C=O) groups is 3. The van der Waals surface area contributed by atoms with Crippen molar-refractivity contribution in [3.63, 3.8) is 0 Å². The largest absolute Gasteiger partial charge is 0.466 e. The van der Waals surface area contributed by atoms with E-state index in [1.807, 2.05) is 0 Å². The molecule has 1 aliphatic rings. The van der Waals surface area contributed by atoms with E-state index in [9.17, 15) is 14.4 Å². The van der Waals surface area contributed by atoms with E-state index in [4.69, 9.17) is 16.0 Å². The predicted octanol–water partition coefficient (Wildman–Crippen LogP) is 2.65. The fraction of sp³-hybridized carbons (Fsp3) is 0.235. The minimum atomic E-state index is -1.33. The zero-order valence-corrected chi connectivity index (χ0v) is 14.4. The fourth-order valence-electron chi connectivity index (χ4n) is 2.65. The third-order valence-corrected chi connectivity index (χ3v) is 4.54. The van der Waals surface area contributed by atoms with Crippen LogP contribution in [0.5, 0.6) is 0 Å². The number of carbonyl (C=O) groups excluding carboxylic acids is 3. The highest BCUT2D eigenvalue weighted by atomic mass is 35.5. The summed E-state index contributed by atoms with van der Waals surface area (Å²) in [5.74, 6) is -0.748. The molecule has 0 aliphatic carbocycles. The van der Waals surface area contributed by atoms with Crippen molar-refractivity contribution in [2.24, 2.45) is 0 Å². The maximum absolute atomic E-state index is 12.6. The van der Waals surface area contributed by atoms with E-state index in [1.165, 1.54) is 13.2 Å². The molecule has 1 aromatic heterocycles. The summed E-state index contributed by atoms with van der Waals surface area (Å²) in [6.45, 7) is 2.89. The summed E-state index contributed by atoms with van der Waals surface area (Å²) < 4.78 is 5.24. The lowest BCUT2D eigenvalue weighted by Crippen LogP contribution is -2.41. The predicted molar refractivity (Wildman–Crippen MR) is 91.1 cm³/mol. The lowest BCUT2D eigenvalue weighted by atomic mass is 9.99. The summed E-state index contributed by atoms with van der Waals surface area (Å²) in [6, 6.07) is 7.67. The first-order valence-electron chi connectivity index (χ1n) is 7.56. The molecule has 1 aliphatic heterocycles. The summed E-state index contributed by atoms with van der Waals surface area (Å²) in [4.78, 5) is 37.9. The van der Waals surface area contributed by atoms with Gasteiger partial charge in [0, 0.05) is 10.7 Å². The summed E-state index contributed by atoms with van der Waals surface area (Å²) >= 11 is 6.02. The van der Waals surface area contributed by atoms with Crippen molar-refractivity contribution in [1.82, 2.24) is 10.2 Å². The van der Waals surface area contributed by atoms with Gasteiger partial charge in [0.1, 0.15) is 12.3 Å². The SMILES string of the molecule is Cc1c(Cl)cccc1NC(=O)CN1C(=O)N[C@@](C)(c2ccco2)C1=O. The number of rotatable bonds is 4. The number of anilines is 1. The summed E-state index contributed by atoms with van der Waals surface area (Å²) in [5.41, 5.74) is -0.0965. The van der Waals surface area contributed by atoms with Gasteiger partial charge in [-0.2, -0.15) is 0 Å². The molecule has 130 valence electrons. The Morgan fingerprint density at radius 1 is 1.32 bits per heavy atom. The first-order chi connectivity index (χ1) is 11.8. The number of imide groups is 1. The zero-order valence-electron chi connectivity index (χ0n) is 13.6. The van der Waals surface area contributed by atoms with Crippen LogP contribution in [0.25, 0.3) is 0 Å². The van der Waals surface area contributed by atoms with Crippen molar-refractivity contribution in [2.45, 2.75) is 19.4 Å². The average molecular weight is 362 g/mol. The first kappa shape index (κ1) is 17.0. The number of hydrogen-bond acceptors (Lipinski definition) is 4. The lowest BCUT2D eigenvalue weighted by molar-refractivity contribution is -0.134. The van der Waals surface area contributed by atoms with Gasteiger partial charge in [-0.05, 0) is 43.7 Å². The van der Waals surface area contributed by atoms with Crippen LogP contribution in [0.2, 0.25) is 5.02 Å². The molecule has 1 atom stereocenters. The van der Waals surface area contributed by atoms with Crippen molar-refractivity contribution >= 4 is 35.1 Å². The Bertz CT molecular complexity index is 850. The van der Waals surface area contributed by atoms with E-state index in [-0.39, 0.29) is 0 Å². The van der Waals surface area contributed by atoms with Crippen LogP contribution < -0.4 is 10.6 Å². The third kappa shape index (κ3) is 2.98. The average Bonchev–Trinajstić information content (AvgIpc) is 3.17. The molecule has 2 aromatic rings. The molecule has 1 fully saturated rings. The third-order valence-electron chi connectivity index (χ3n) is 4.13. The van der Waals surface area contributed by atoms with Gasteiger partial charge in [-0.15, -0.1) is 0 Å². The number of nitrogens with zero attached hydrogens (tertiary/aromatic N) is 1. The minimum absolute atomic E-state index is 0.305. The van der Waals surface area contributed by atoms with Crippen LogP contribution >= 0.6 is 11.6 Å². The standard InChI is InChI=1S/C17H16ClN3O4/c1-10-11(18)5-3-6-12(10)19-14(22)9-21-15(23)17(2,20-16(21)24)13-7-4-8-25-13/h3-8H,9H2,1-2H3,(H,19,22)(H,20,24)/t17-/m0/s1. The molecule has 1 saturated heterocycles. The van der Waals surface area contributed by atoms with Crippen LogP contribution in [0.1, 0.15) is 18.2 Å². The van der Waals surface area contributed by atoms with Gasteiger partial charge in [-0.3, -0.25) is 14.5 Å². The van der Waals surface area contributed by atoms with Gasteiger partial charge in [-0.1, -0.05) is 17.7 Å². The zero-order chi connectivity index (χ0) is 18.2. The summed E-state index contributed by atoms with van der Waals surface area (Å²) in [5, 5.41) is 5.74. The van der Waals surface area contributed by atoms with Crippen LogP contribution in [0.4, 0.5) is 10.5 Å². The topological polar surface area (TPSA) is 91.7 Å². The Kier molecular flexibility index (Phi) is 4.26. The molecule has 2 N–H and O–H groups in total. The van der Waals surface area contributed by atoms with E-state index in [1.54, 1.807) is 37.3 Å². The van der Waals surface area contributed by atoms with E-state index in [0.717, 1.165) is 4.90 Å². The van der Waals surface area contributed by atoms with Crippen molar-refractivity contribution in [1.29, 1.82) is 0 Å². The van der Waals surface area contributed by atoms with Gasteiger partial charge in [-0.25, -0.2) is 4.79 Å². The van der Waals surface area contributed by atoms with E-state index >= 15 is 0 Å². The summed E-state index contributed by atoms with van der Waals surface area (Å²) in [7, 11) is 0. The second-order valence-electron chi connectivity index (χ2n) is 5.88. The smallest absolute Gasteiger partial charge is 0.325 e. The van der Waals surface area contributed by atoms with Gasteiger partial charge in [0.25, 0.3) is 5.91 Å². The fourth-order valence-corrected chi connectivity index (χ4v) is 2.82. The second-order valence-corrected chi connectivity index (χ2v) is 6.29. The van der Waals surface area contributed by atoms with Crippen LogP contribution in [-0.2, 0) is 15.1 Å². The van der Waals surface area contributed by atoms with Crippen molar-refractivity contribution in [3.05, 3.63) is 52.9 Å². The normalized spacial score (nSPS) is 19.9. The summed E-state index contributed by atoms with van der Waals surface area (Å²) in [6.07, 6.45) is 1.41. The Labute approximate surface area is 148 Å². The second kappa shape index (κ2) is 6.25. The van der Waals surface area contributed by atoms with Crippen LogP contribution in [0.3, 0.4) is 0 Å². The molecule has 8 heteroatoms. The molecule has 0 bridgehead atoms. The number of hydrogen-bond donors (Lipinski definition) is 2. The van der Waals surface area contributed by atoms with Crippen LogP contribution in [0, 0.1) is 6.92 Å². The molecule has 3 rings (SSSR count). The van der Waals surface area contributed by atoms with Crippen molar-refractivity contribution < 1.29 is 18.8 Å². The monoisotopic (exact) mass is 361 g/mol. The molecular weight excluding hydrogens is 346 g/mol. The van der Waals surface area contributed by atoms with Crippen molar-refractivity contribution in [2.75, 3.05) is 11.9 Å². The maximum Gasteiger partial charge on any atom is 0.325 e. The van der Waals surface area contributed by atoms with Crippen molar-refractivity contribution in [3.8, 4) is 0 Å². The number of furan rings is 1. The number of urea groups is 1. The minimum Gasteiger partial charge on any atom is -0.466 e. The molecule has 7 nitrogen and oxygen atoms in total. The van der Waals surface area contributed by atoms with E-state index in [2.05, 4.69) is 10.6 Å². The Hall–Kier alpha value is -2.80. The van der Waals surface area contributed by atoms with Gasteiger partial charge in [0.05, 0.1) is 6.26 Å². The quantitative estimate of drug-likeness (QED) is 0.819. The molecule has 0 unspecified atom stereocenters. The lowest BCUT2D eigenvalue weighted by Gasteiger charge is -2.19. The molecule has 0 saturated carbocycles. The molecular formula is C17H16ClN3O4. The molecule has 0 spiro atoms. The Morgan fingerprint density at radius 2 is 2.08 bits per heavy atom. The molecule has 25 heavy (non-hydrogen) atoms. The molecule has 1 aromatic carbocycles. The first-order valence-corrected chi connectivity index (χ1v) is 7.94. The molecule has 4 amide bonds. The van der Waals surface area contributed by atoms with Gasteiger partial charge >= 0.3 is 6.03 Å². The maximum atomic E-state index is 12.6. The number of amides is 4. The van der Waals surface area contributed by atoms with E-state index < -0.39 is 29.9 Å². The van der Waals surface area contributed by atoms with Crippen LogP contribution in [-0.4, -0.2) is 29.3 Å². The molecule has 0 radical (unpaired) electrons. The Balaban J connectivity index is 1.74. The number of nitrogens with one attached hydrogen (secondary N) is 2. The Morgan fingerprint density at radius 3 is 2.76 bits per heavy atom. The van der Waals surface area contributed by atoms with Gasteiger partial charge < -0.3 is 15.1 Å². The highest BCUT2D eigenvalue weighted by Crippen LogP contribution is 2.29. The van der Waals surface area contributed by atoms with Gasteiger partial charge in [0.15, 0.2) is 5.54 Å². The molecule has 2 heterocycles. The number of halogens is 1. The highest BCUT2D eigenvalue weighted by molar-refractivity contribution is 6.31.